The molecule has 6 heteroatoms. The van der Waals surface area contributed by atoms with Gasteiger partial charge in [0.2, 0.25) is 5.76 Å². The van der Waals surface area contributed by atoms with Crippen LogP contribution in [0.4, 0.5) is 0 Å². The van der Waals surface area contributed by atoms with Crippen LogP contribution in [0.2, 0.25) is 0 Å². The van der Waals surface area contributed by atoms with Crippen LogP contribution in [0.3, 0.4) is 0 Å². The number of H-pyrrole nitrogens is 1. The summed E-state index contributed by atoms with van der Waals surface area (Å²) in [4.78, 5) is 21.4. The third-order valence-electron chi connectivity index (χ3n) is 4.59. The molecule has 2 aromatic carbocycles. The van der Waals surface area contributed by atoms with E-state index in [2.05, 4.69) is 39.4 Å². The summed E-state index contributed by atoms with van der Waals surface area (Å²) in [6.07, 6.45) is 3.38. The molecule has 0 saturated carbocycles. The summed E-state index contributed by atoms with van der Waals surface area (Å²) < 4.78 is 5.42. The number of imidazole rings is 1. The molecule has 2 aromatic heterocycles. The fraction of sp³-hybridized carbons (Fsp3) is 0.136. The molecule has 0 aliphatic carbocycles. The smallest absolute Gasteiger partial charge is 0.292 e. The van der Waals surface area contributed by atoms with Gasteiger partial charge in [-0.1, -0.05) is 65.8 Å². The Morgan fingerprint density at radius 2 is 1.71 bits per heavy atom. The number of rotatable bonds is 6. The predicted molar refractivity (Wildman–Crippen MR) is 105 cm³/mol. The fourth-order valence-electron chi connectivity index (χ4n) is 3.22. The first-order chi connectivity index (χ1) is 13.7. The molecule has 6 nitrogen and oxygen atoms in total. The van der Waals surface area contributed by atoms with E-state index in [0.29, 0.717) is 18.1 Å². The lowest BCUT2D eigenvalue weighted by molar-refractivity contribution is 0.0740. The molecule has 1 N–H and O–H groups in total. The molecule has 0 bridgehead atoms. The van der Waals surface area contributed by atoms with Gasteiger partial charge in [-0.05, 0) is 11.1 Å². The minimum absolute atomic E-state index is 0.108. The summed E-state index contributed by atoms with van der Waals surface area (Å²) >= 11 is 0. The van der Waals surface area contributed by atoms with E-state index < -0.39 is 0 Å². The van der Waals surface area contributed by atoms with Crippen molar-refractivity contribution in [2.75, 3.05) is 7.05 Å². The highest BCUT2D eigenvalue weighted by Gasteiger charge is 2.24. The van der Waals surface area contributed by atoms with Crippen molar-refractivity contribution in [3.05, 3.63) is 108 Å². The number of hydrogen-bond donors (Lipinski definition) is 1. The molecule has 0 radical (unpaired) electrons. The lowest BCUT2D eigenvalue weighted by atomic mass is 9.88. The Morgan fingerprint density at radius 1 is 1.07 bits per heavy atom. The van der Waals surface area contributed by atoms with Crippen molar-refractivity contribution in [1.29, 1.82) is 0 Å². The van der Waals surface area contributed by atoms with Crippen molar-refractivity contribution < 1.29 is 9.32 Å². The van der Waals surface area contributed by atoms with Gasteiger partial charge in [-0.2, -0.15) is 0 Å². The fourth-order valence-corrected chi connectivity index (χ4v) is 3.22. The zero-order valence-corrected chi connectivity index (χ0v) is 15.4. The van der Waals surface area contributed by atoms with Crippen molar-refractivity contribution >= 4 is 5.91 Å². The second-order valence-electron chi connectivity index (χ2n) is 6.57. The van der Waals surface area contributed by atoms with Crippen LogP contribution in [-0.2, 0) is 6.54 Å². The number of carbonyl (C=O) groups is 1. The van der Waals surface area contributed by atoms with Crippen molar-refractivity contribution in [3.8, 4) is 0 Å². The number of nitrogens with one attached hydrogen (secondary N) is 1. The van der Waals surface area contributed by atoms with E-state index in [1.807, 2.05) is 36.4 Å². The van der Waals surface area contributed by atoms with E-state index >= 15 is 0 Å². The van der Waals surface area contributed by atoms with Crippen LogP contribution in [-0.4, -0.2) is 33.0 Å². The van der Waals surface area contributed by atoms with Crippen LogP contribution in [0.25, 0.3) is 0 Å². The number of hydrogen-bond acceptors (Lipinski definition) is 4. The average Bonchev–Trinajstić information content (AvgIpc) is 3.42. The first kappa shape index (κ1) is 17.7. The van der Waals surface area contributed by atoms with E-state index in [-0.39, 0.29) is 17.6 Å². The Morgan fingerprint density at radius 3 is 2.29 bits per heavy atom. The van der Waals surface area contributed by atoms with Crippen molar-refractivity contribution in [2.45, 2.75) is 12.5 Å². The van der Waals surface area contributed by atoms with E-state index in [4.69, 9.17) is 4.52 Å². The maximum absolute atomic E-state index is 12.7. The van der Waals surface area contributed by atoms with Gasteiger partial charge in [0.15, 0.2) is 0 Å². The van der Waals surface area contributed by atoms with Gasteiger partial charge in [-0.25, -0.2) is 4.98 Å². The number of amides is 1. The average molecular weight is 372 g/mol. The van der Waals surface area contributed by atoms with Gasteiger partial charge >= 0.3 is 0 Å². The molecule has 28 heavy (non-hydrogen) atoms. The molecule has 0 atom stereocenters. The lowest BCUT2D eigenvalue weighted by Gasteiger charge is -2.15. The summed E-state index contributed by atoms with van der Waals surface area (Å²) in [6.45, 7) is 0.364. The largest absolute Gasteiger partial charge is 0.351 e. The summed E-state index contributed by atoms with van der Waals surface area (Å²) in [5.41, 5.74) is 2.88. The predicted octanol–water partition coefficient (Wildman–Crippen LogP) is 3.85. The minimum atomic E-state index is -0.241. The molecule has 0 fully saturated rings. The monoisotopic (exact) mass is 372 g/mol. The third kappa shape index (κ3) is 3.71. The minimum Gasteiger partial charge on any atom is -0.351 e. The van der Waals surface area contributed by atoms with Crippen molar-refractivity contribution in [2.24, 2.45) is 0 Å². The topological polar surface area (TPSA) is 75.0 Å². The first-order valence-electron chi connectivity index (χ1n) is 9.02. The van der Waals surface area contributed by atoms with Gasteiger partial charge in [0.1, 0.15) is 5.82 Å². The highest BCUT2D eigenvalue weighted by molar-refractivity contribution is 5.91. The SMILES string of the molecule is CN(Cc1ncc[nH]1)C(=O)c1cc(C(c2ccccc2)c2ccccc2)no1. The molecule has 0 unspecified atom stereocenters. The van der Waals surface area contributed by atoms with E-state index in [1.165, 1.54) is 0 Å². The van der Waals surface area contributed by atoms with Crippen LogP contribution in [0.5, 0.6) is 0 Å². The molecular weight excluding hydrogens is 352 g/mol. The molecule has 0 aliphatic heterocycles. The zero-order valence-electron chi connectivity index (χ0n) is 15.4. The summed E-state index contributed by atoms with van der Waals surface area (Å²) in [5, 5.41) is 4.22. The number of carbonyl (C=O) groups excluding carboxylic acids is 1. The van der Waals surface area contributed by atoms with Gasteiger partial charge in [-0.3, -0.25) is 4.79 Å². The van der Waals surface area contributed by atoms with Crippen LogP contribution >= 0.6 is 0 Å². The van der Waals surface area contributed by atoms with Gasteiger partial charge in [-0.15, -0.1) is 0 Å². The molecule has 140 valence electrons. The van der Waals surface area contributed by atoms with Crippen molar-refractivity contribution in [1.82, 2.24) is 20.0 Å². The Balaban J connectivity index is 1.62. The number of nitrogens with zero attached hydrogens (tertiary/aromatic N) is 3. The van der Waals surface area contributed by atoms with Crippen molar-refractivity contribution in [3.63, 3.8) is 0 Å². The molecule has 0 aliphatic rings. The standard InChI is InChI=1S/C22H20N4O2/c1-26(15-20-23-12-13-24-20)22(27)19-14-18(25-28-19)21(16-8-4-2-5-9-16)17-10-6-3-7-11-17/h2-14,21H,15H2,1H3,(H,23,24). The Kier molecular flexibility index (Phi) is 5.01. The zero-order chi connectivity index (χ0) is 19.3. The highest BCUT2D eigenvalue weighted by Crippen LogP contribution is 2.31. The van der Waals surface area contributed by atoms with Crippen LogP contribution in [0, 0.1) is 0 Å². The van der Waals surface area contributed by atoms with E-state index in [9.17, 15) is 4.79 Å². The van der Waals surface area contributed by atoms with Crippen LogP contribution in [0.15, 0.2) is 83.6 Å². The van der Waals surface area contributed by atoms with Gasteiger partial charge in [0, 0.05) is 25.5 Å². The Bertz CT molecular complexity index is 987. The number of aromatic nitrogens is 3. The molecule has 4 rings (SSSR count). The third-order valence-corrected chi connectivity index (χ3v) is 4.59. The molecule has 0 saturated heterocycles. The summed E-state index contributed by atoms with van der Waals surface area (Å²) in [7, 11) is 1.71. The maximum Gasteiger partial charge on any atom is 0.292 e. The second kappa shape index (κ2) is 7.92. The molecular formula is C22H20N4O2. The summed E-state index contributed by atoms with van der Waals surface area (Å²) in [5.74, 6) is 0.570. The van der Waals surface area contributed by atoms with Gasteiger partial charge in [0.05, 0.1) is 18.2 Å². The van der Waals surface area contributed by atoms with E-state index in [1.54, 1.807) is 30.4 Å². The van der Waals surface area contributed by atoms with Gasteiger partial charge in [0.25, 0.3) is 5.91 Å². The van der Waals surface area contributed by atoms with Crippen LogP contribution in [0.1, 0.15) is 39.1 Å². The number of aromatic amines is 1. The second-order valence-corrected chi connectivity index (χ2v) is 6.57. The Labute approximate surface area is 162 Å². The summed E-state index contributed by atoms with van der Waals surface area (Å²) in [6, 6.07) is 21.9. The molecule has 4 aromatic rings. The van der Waals surface area contributed by atoms with E-state index in [0.717, 1.165) is 11.1 Å². The maximum atomic E-state index is 12.7. The molecule has 1 amide bonds. The van der Waals surface area contributed by atoms with Crippen LogP contribution < -0.4 is 0 Å². The highest BCUT2D eigenvalue weighted by atomic mass is 16.5. The molecule has 0 spiro atoms. The Hall–Kier alpha value is -3.67. The quantitative estimate of drug-likeness (QED) is 0.558. The first-order valence-corrected chi connectivity index (χ1v) is 9.02. The molecule has 2 heterocycles. The normalized spacial score (nSPS) is 10.9. The number of benzene rings is 2. The lowest BCUT2D eigenvalue weighted by Crippen LogP contribution is -2.26. The van der Waals surface area contributed by atoms with Gasteiger partial charge < -0.3 is 14.4 Å².